The zero-order valence-corrected chi connectivity index (χ0v) is 21.0. The van der Waals surface area contributed by atoms with Crippen LogP contribution in [0.2, 0.25) is 16.6 Å². The van der Waals surface area contributed by atoms with Crippen LogP contribution in [-0.4, -0.2) is 51.1 Å². The third-order valence-electron chi connectivity index (χ3n) is 6.59. The van der Waals surface area contributed by atoms with Gasteiger partial charge in [-0.05, 0) is 35.0 Å². The third kappa shape index (κ3) is 4.24. The summed E-state index contributed by atoms with van der Waals surface area (Å²) in [6, 6.07) is 3.67. The first kappa shape index (κ1) is 24.4. The van der Waals surface area contributed by atoms with E-state index in [0.29, 0.717) is 27.7 Å². The highest BCUT2D eigenvalue weighted by molar-refractivity contribution is 6.82. The van der Waals surface area contributed by atoms with Gasteiger partial charge >= 0.3 is 5.97 Å². The number of rotatable bonds is 8. The van der Waals surface area contributed by atoms with E-state index in [1.54, 1.807) is 6.07 Å². The standard InChI is InChI=1S/C24H32N4O4Si/c1-14(2)33(15(3)4,16(5)6)28-10-7-17(13-28)18-11-19-22(26-9-8-25-19)21(23(18)31)24(32)27-12-20(29)30/h7-11,13-16,31H,12H2,1-6H3,(H,27,32)(H,29,30). The SMILES string of the molecule is CC(C)[Si](C(C)C)(C(C)C)n1ccc(-c2cc3nccnc3c(C(=O)NCC(=O)O)c2O)c1. The van der Waals surface area contributed by atoms with Gasteiger partial charge in [0.15, 0.2) is 8.24 Å². The monoisotopic (exact) mass is 468 g/mol. The van der Waals surface area contributed by atoms with E-state index in [-0.39, 0.29) is 16.8 Å². The molecule has 1 amide bonds. The lowest BCUT2D eigenvalue weighted by molar-refractivity contribution is -0.135. The minimum absolute atomic E-state index is 0.0790. The van der Waals surface area contributed by atoms with E-state index >= 15 is 0 Å². The zero-order valence-electron chi connectivity index (χ0n) is 20.0. The topological polar surface area (TPSA) is 117 Å². The number of nitrogens with one attached hydrogen (secondary N) is 1. The molecule has 176 valence electrons. The molecule has 2 aromatic heterocycles. The van der Waals surface area contributed by atoms with E-state index in [4.69, 9.17) is 5.11 Å². The van der Waals surface area contributed by atoms with Crippen LogP contribution in [0.4, 0.5) is 0 Å². The van der Waals surface area contributed by atoms with Gasteiger partial charge < -0.3 is 19.8 Å². The van der Waals surface area contributed by atoms with Gasteiger partial charge in [0.25, 0.3) is 5.91 Å². The minimum atomic E-state index is -1.98. The van der Waals surface area contributed by atoms with E-state index in [0.717, 1.165) is 5.56 Å². The molecule has 0 unspecified atom stereocenters. The number of aromatic nitrogens is 3. The number of phenolic OH excluding ortho intramolecular Hbond substituents is 1. The van der Waals surface area contributed by atoms with Crippen LogP contribution in [-0.2, 0) is 4.79 Å². The van der Waals surface area contributed by atoms with E-state index < -0.39 is 26.7 Å². The molecule has 9 heteroatoms. The first-order valence-electron chi connectivity index (χ1n) is 11.2. The van der Waals surface area contributed by atoms with E-state index in [1.807, 2.05) is 6.07 Å². The van der Waals surface area contributed by atoms with Gasteiger partial charge in [0, 0.05) is 29.7 Å². The van der Waals surface area contributed by atoms with Crippen LogP contribution >= 0.6 is 0 Å². The van der Waals surface area contributed by atoms with Crippen molar-refractivity contribution in [2.24, 2.45) is 0 Å². The predicted octanol–water partition coefficient (Wildman–Crippen LogP) is 4.64. The molecule has 0 atom stereocenters. The maximum absolute atomic E-state index is 12.8. The number of benzene rings is 1. The fourth-order valence-electron chi connectivity index (χ4n) is 5.47. The summed E-state index contributed by atoms with van der Waals surface area (Å²) < 4.78 is 2.35. The number of amides is 1. The largest absolute Gasteiger partial charge is 0.506 e. The highest BCUT2D eigenvalue weighted by atomic mass is 28.3. The molecule has 2 heterocycles. The highest BCUT2D eigenvalue weighted by Gasteiger charge is 2.45. The lowest BCUT2D eigenvalue weighted by atomic mass is 10.0. The Morgan fingerprint density at radius 3 is 2.24 bits per heavy atom. The van der Waals surface area contributed by atoms with Crippen molar-refractivity contribution in [3.63, 3.8) is 0 Å². The molecule has 0 fully saturated rings. The van der Waals surface area contributed by atoms with Crippen LogP contribution in [0.25, 0.3) is 22.2 Å². The molecule has 0 aliphatic heterocycles. The molecule has 0 aliphatic rings. The van der Waals surface area contributed by atoms with Crippen molar-refractivity contribution in [2.45, 2.75) is 58.2 Å². The van der Waals surface area contributed by atoms with Gasteiger partial charge in [0.05, 0.1) is 5.52 Å². The van der Waals surface area contributed by atoms with Crippen LogP contribution in [0, 0.1) is 0 Å². The second kappa shape index (κ2) is 9.34. The van der Waals surface area contributed by atoms with Crippen LogP contribution in [0.3, 0.4) is 0 Å². The van der Waals surface area contributed by atoms with Crippen LogP contribution < -0.4 is 5.32 Å². The molecule has 0 saturated carbocycles. The summed E-state index contributed by atoms with van der Waals surface area (Å²) in [6.45, 7) is 13.1. The molecule has 8 nitrogen and oxygen atoms in total. The van der Waals surface area contributed by atoms with Gasteiger partial charge in [-0.3, -0.25) is 19.6 Å². The first-order chi connectivity index (χ1) is 15.5. The van der Waals surface area contributed by atoms with Gasteiger partial charge in [0.1, 0.15) is 23.4 Å². The van der Waals surface area contributed by atoms with Crippen molar-refractivity contribution in [2.75, 3.05) is 6.54 Å². The quantitative estimate of drug-likeness (QED) is 0.415. The van der Waals surface area contributed by atoms with Crippen molar-refractivity contribution in [1.82, 2.24) is 19.5 Å². The second-order valence-electron chi connectivity index (χ2n) is 9.31. The van der Waals surface area contributed by atoms with Gasteiger partial charge in [-0.2, -0.15) is 0 Å². The smallest absolute Gasteiger partial charge is 0.322 e. The van der Waals surface area contributed by atoms with Crippen LogP contribution in [0.1, 0.15) is 51.9 Å². The Kier molecular flexibility index (Phi) is 6.92. The Hall–Kier alpha value is -3.20. The normalized spacial score (nSPS) is 12.2. The Morgan fingerprint density at radius 1 is 1.06 bits per heavy atom. The molecule has 1 aromatic carbocycles. The fourth-order valence-corrected chi connectivity index (χ4v) is 12.0. The molecule has 0 radical (unpaired) electrons. The fraction of sp³-hybridized carbons (Fsp3) is 0.417. The number of carboxylic acid groups (broad SMARTS) is 1. The average Bonchev–Trinajstić information content (AvgIpc) is 3.21. The summed E-state index contributed by atoms with van der Waals surface area (Å²) in [7, 11) is -1.98. The minimum Gasteiger partial charge on any atom is -0.506 e. The molecule has 0 bridgehead atoms. The van der Waals surface area contributed by atoms with Crippen molar-refractivity contribution >= 4 is 31.1 Å². The maximum atomic E-state index is 12.8. The first-order valence-corrected chi connectivity index (χ1v) is 13.3. The van der Waals surface area contributed by atoms with Crippen molar-refractivity contribution in [3.05, 3.63) is 42.5 Å². The van der Waals surface area contributed by atoms with E-state index in [1.165, 1.54) is 12.4 Å². The molecule has 0 spiro atoms. The number of carboxylic acids is 1. The van der Waals surface area contributed by atoms with Gasteiger partial charge in [-0.25, -0.2) is 0 Å². The summed E-state index contributed by atoms with van der Waals surface area (Å²) in [4.78, 5) is 32.3. The maximum Gasteiger partial charge on any atom is 0.322 e. The molecule has 0 aliphatic carbocycles. The molecular weight excluding hydrogens is 436 g/mol. The summed E-state index contributed by atoms with van der Waals surface area (Å²) in [5, 5.41) is 22.4. The highest BCUT2D eigenvalue weighted by Crippen LogP contribution is 2.44. The number of phenols is 1. The lowest BCUT2D eigenvalue weighted by Crippen LogP contribution is -2.51. The summed E-state index contributed by atoms with van der Waals surface area (Å²) in [5.74, 6) is -2.13. The number of hydrogen-bond acceptors (Lipinski definition) is 5. The van der Waals surface area contributed by atoms with Gasteiger partial charge in [0.2, 0.25) is 0 Å². The van der Waals surface area contributed by atoms with Crippen molar-refractivity contribution in [1.29, 1.82) is 0 Å². The van der Waals surface area contributed by atoms with Crippen LogP contribution in [0.5, 0.6) is 5.75 Å². The molecule has 3 rings (SSSR count). The number of aromatic hydroxyl groups is 1. The number of carbonyl (C=O) groups is 2. The van der Waals surface area contributed by atoms with Crippen molar-refractivity contribution < 1.29 is 19.8 Å². The Labute approximate surface area is 194 Å². The summed E-state index contributed by atoms with van der Waals surface area (Å²) in [5.41, 5.74) is 3.29. The number of aliphatic carboxylic acids is 1. The number of hydrogen-bond donors (Lipinski definition) is 3. The van der Waals surface area contributed by atoms with Crippen molar-refractivity contribution in [3.8, 4) is 16.9 Å². The van der Waals surface area contributed by atoms with Crippen LogP contribution in [0.15, 0.2) is 36.9 Å². The summed E-state index contributed by atoms with van der Waals surface area (Å²) in [6.07, 6.45) is 7.08. The molecular formula is C24H32N4O4Si. The predicted molar refractivity (Wildman–Crippen MR) is 131 cm³/mol. The molecule has 33 heavy (non-hydrogen) atoms. The number of carbonyl (C=O) groups excluding carboxylic acids is 1. The average molecular weight is 469 g/mol. The van der Waals surface area contributed by atoms with Gasteiger partial charge in [-0.1, -0.05) is 41.5 Å². The summed E-state index contributed by atoms with van der Waals surface area (Å²) >= 11 is 0. The van der Waals surface area contributed by atoms with E-state index in [2.05, 4.69) is 73.5 Å². The van der Waals surface area contributed by atoms with E-state index in [9.17, 15) is 14.7 Å². The number of nitrogens with zero attached hydrogens (tertiary/aromatic N) is 3. The third-order valence-corrected chi connectivity index (χ3v) is 13.3. The Bertz CT molecular complexity index is 1160. The lowest BCUT2D eigenvalue weighted by Gasteiger charge is -2.44. The van der Waals surface area contributed by atoms with Gasteiger partial charge in [-0.15, -0.1) is 0 Å². The Balaban J connectivity index is 2.20. The molecule has 3 aromatic rings. The second-order valence-corrected chi connectivity index (χ2v) is 15.1. The molecule has 0 saturated heterocycles. The molecule has 3 N–H and O–H groups in total. The zero-order chi connectivity index (χ0) is 24.5. The Morgan fingerprint density at radius 2 is 1.67 bits per heavy atom. The number of fused-ring (bicyclic) bond motifs is 1.